The van der Waals surface area contributed by atoms with Crippen molar-refractivity contribution in [3.05, 3.63) is 53.3 Å². The molecule has 2 aromatic carbocycles. The number of fused-ring (bicyclic) bond motifs is 1. The van der Waals surface area contributed by atoms with Gasteiger partial charge in [0.25, 0.3) is 0 Å². The summed E-state index contributed by atoms with van der Waals surface area (Å²) >= 11 is 0. The second-order valence-corrected chi connectivity index (χ2v) is 6.16. The van der Waals surface area contributed by atoms with Gasteiger partial charge in [-0.3, -0.25) is 0 Å². The van der Waals surface area contributed by atoms with Crippen LogP contribution in [0.5, 0.6) is 17.2 Å². The molecule has 1 heterocycles. The number of carbonyl (C=O) groups is 1. The maximum Gasteiger partial charge on any atom is 0.315 e. The Bertz CT molecular complexity index is 795. The second kappa shape index (κ2) is 7.95. The van der Waals surface area contributed by atoms with Crippen LogP contribution in [0.2, 0.25) is 0 Å². The molecule has 6 nitrogen and oxygen atoms in total. The Morgan fingerprint density at radius 3 is 2.42 bits per heavy atom. The average molecular weight is 360 g/mol. The summed E-state index contributed by atoms with van der Waals surface area (Å²) in [6.45, 7) is 4.44. The van der Waals surface area contributed by atoms with Crippen LogP contribution in [0.4, 0.5) is 9.18 Å². The molecule has 3 rings (SSSR count). The van der Waals surface area contributed by atoms with Crippen molar-refractivity contribution in [1.82, 2.24) is 10.6 Å². The quantitative estimate of drug-likeness (QED) is 0.829. The van der Waals surface area contributed by atoms with Crippen LogP contribution in [0.25, 0.3) is 0 Å². The van der Waals surface area contributed by atoms with E-state index in [1.54, 1.807) is 18.2 Å². The third kappa shape index (κ3) is 4.56. The lowest BCUT2D eigenvalue weighted by atomic mass is 10.2. The fourth-order valence-corrected chi connectivity index (χ4v) is 2.48. The summed E-state index contributed by atoms with van der Waals surface area (Å²) < 4.78 is 29.8. The van der Waals surface area contributed by atoms with Crippen LogP contribution < -0.4 is 24.8 Å². The molecule has 2 N–H and O–H groups in total. The van der Waals surface area contributed by atoms with Crippen LogP contribution >= 0.6 is 0 Å². The van der Waals surface area contributed by atoms with E-state index in [-0.39, 0.29) is 31.2 Å². The summed E-state index contributed by atoms with van der Waals surface area (Å²) in [4.78, 5) is 11.9. The predicted molar refractivity (Wildman–Crippen MR) is 93.8 cm³/mol. The van der Waals surface area contributed by atoms with E-state index in [9.17, 15) is 9.18 Å². The number of ether oxygens (including phenoxy) is 3. The van der Waals surface area contributed by atoms with Gasteiger partial charge in [0.2, 0.25) is 6.79 Å². The maximum absolute atomic E-state index is 13.9. The molecule has 0 unspecified atom stereocenters. The van der Waals surface area contributed by atoms with E-state index in [0.29, 0.717) is 23.6 Å². The first-order valence-electron chi connectivity index (χ1n) is 8.36. The van der Waals surface area contributed by atoms with Crippen molar-refractivity contribution < 1.29 is 23.4 Å². The second-order valence-electron chi connectivity index (χ2n) is 6.16. The highest BCUT2D eigenvalue weighted by Crippen LogP contribution is 2.32. The molecule has 0 spiro atoms. The molecule has 1 aliphatic heterocycles. The van der Waals surface area contributed by atoms with Crippen LogP contribution in [0.1, 0.15) is 25.0 Å². The number of rotatable bonds is 6. The smallest absolute Gasteiger partial charge is 0.315 e. The molecule has 0 radical (unpaired) electrons. The number of nitrogens with one attached hydrogen (secondary N) is 2. The van der Waals surface area contributed by atoms with Gasteiger partial charge in [0.15, 0.2) is 23.1 Å². The van der Waals surface area contributed by atoms with Gasteiger partial charge in [0, 0.05) is 13.1 Å². The molecule has 26 heavy (non-hydrogen) atoms. The fraction of sp³-hybridized carbons (Fsp3) is 0.316. The number of carbonyl (C=O) groups excluding carboxylic acids is 1. The van der Waals surface area contributed by atoms with E-state index in [1.807, 2.05) is 26.0 Å². The van der Waals surface area contributed by atoms with Gasteiger partial charge >= 0.3 is 6.03 Å². The number of benzene rings is 2. The molecule has 138 valence electrons. The summed E-state index contributed by atoms with van der Waals surface area (Å²) in [5, 5.41) is 5.44. The van der Waals surface area contributed by atoms with Crippen molar-refractivity contribution in [3.63, 3.8) is 0 Å². The number of hydrogen-bond acceptors (Lipinski definition) is 4. The van der Waals surface area contributed by atoms with Gasteiger partial charge in [-0.05, 0) is 49.2 Å². The minimum Gasteiger partial charge on any atom is -0.488 e. The summed E-state index contributed by atoms with van der Waals surface area (Å²) in [5.74, 6) is 1.13. The van der Waals surface area contributed by atoms with E-state index >= 15 is 0 Å². The Kier molecular flexibility index (Phi) is 5.46. The first kappa shape index (κ1) is 17.8. The summed E-state index contributed by atoms with van der Waals surface area (Å²) in [7, 11) is 0. The van der Waals surface area contributed by atoms with Crippen LogP contribution in [0.3, 0.4) is 0 Å². The van der Waals surface area contributed by atoms with Crippen molar-refractivity contribution in [1.29, 1.82) is 0 Å². The van der Waals surface area contributed by atoms with Crippen LogP contribution in [0.15, 0.2) is 36.4 Å². The zero-order chi connectivity index (χ0) is 18.5. The zero-order valence-corrected chi connectivity index (χ0v) is 14.7. The number of urea groups is 1. The minimum atomic E-state index is -0.446. The van der Waals surface area contributed by atoms with E-state index < -0.39 is 5.82 Å². The molecule has 0 atom stereocenters. The molecule has 2 aromatic rings. The van der Waals surface area contributed by atoms with Crippen molar-refractivity contribution in [2.45, 2.75) is 33.0 Å². The fourth-order valence-electron chi connectivity index (χ4n) is 2.48. The first-order chi connectivity index (χ1) is 12.5. The molecule has 0 saturated carbocycles. The highest BCUT2D eigenvalue weighted by molar-refractivity contribution is 5.73. The highest BCUT2D eigenvalue weighted by Gasteiger charge is 2.13. The predicted octanol–water partition coefficient (Wildman–Crippen LogP) is 3.34. The van der Waals surface area contributed by atoms with Crippen molar-refractivity contribution in [2.24, 2.45) is 0 Å². The lowest BCUT2D eigenvalue weighted by Gasteiger charge is -2.12. The Hall–Kier alpha value is -2.96. The molecular formula is C19H21FN2O4. The molecule has 7 heteroatoms. The van der Waals surface area contributed by atoms with Gasteiger partial charge in [0.05, 0.1) is 6.10 Å². The van der Waals surface area contributed by atoms with E-state index in [2.05, 4.69) is 10.6 Å². The molecule has 0 saturated heterocycles. The lowest BCUT2D eigenvalue weighted by Crippen LogP contribution is -2.34. The number of hydrogen-bond donors (Lipinski definition) is 2. The highest BCUT2D eigenvalue weighted by atomic mass is 19.1. The Morgan fingerprint density at radius 2 is 1.73 bits per heavy atom. The van der Waals surface area contributed by atoms with Gasteiger partial charge in [-0.25, -0.2) is 9.18 Å². The zero-order valence-electron chi connectivity index (χ0n) is 14.7. The first-order valence-corrected chi connectivity index (χ1v) is 8.36. The van der Waals surface area contributed by atoms with Gasteiger partial charge in [-0.2, -0.15) is 0 Å². The SMILES string of the molecule is CC(C)Oc1ccc(CNC(=O)NCc2ccc3c(c2)OCO3)cc1F. The van der Waals surface area contributed by atoms with Crippen LogP contribution in [-0.4, -0.2) is 18.9 Å². The van der Waals surface area contributed by atoms with Crippen molar-refractivity contribution >= 4 is 6.03 Å². The topological polar surface area (TPSA) is 68.8 Å². The van der Waals surface area contributed by atoms with Gasteiger partial charge < -0.3 is 24.8 Å². The molecule has 2 amide bonds. The lowest BCUT2D eigenvalue weighted by molar-refractivity contribution is 0.174. The Labute approximate surface area is 151 Å². The standard InChI is InChI=1S/C19H21FN2O4/c1-12(2)26-16-5-3-13(7-15(16)20)9-21-19(23)22-10-14-4-6-17-18(8-14)25-11-24-17/h3-8,12H,9-11H2,1-2H3,(H2,21,22,23). The number of halogens is 1. The summed E-state index contributed by atoms with van der Waals surface area (Å²) in [6, 6.07) is 9.79. The third-order valence-corrected chi connectivity index (χ3v) is 3.70. The Balaban J connectivity index is 1.47. The molecule has 1 aliphatic rings. The monoisotopic (exact) mass is 360 g/mol. The number of amides is 2. The van der Waals surface area contributed by atoms with E-state index in [4.69, 9.17) is 14.2 Å². The molecule has 0 bridgehead atoms. The van der Waals surface area contributed by atoms with Crippen molar-refractivity contribution in [3.8, 4) is 17.2 Å². The largest absolute Gasteiger partial charge is 0.488 e. The third-order valence-electron chi connectivity index (χ3n) is 3.70. The Morgan fingerprint density at radius 1 is 1.08 bits per heavy atom. The van der Waals surface area contributed by atoms with E-state index in [0.717, 1.165) is 5.56 Å². The molecule has 0 fully saturated rings. The summed E-state index contributed by atoms with van der Waals surface area (Å²) in [5.41, 5.74) is 1.54. The average Bonchev–Trinajstić information content (AvgIpc) is 3.07. The van der Waals surface area contributed by atoms with Crippen molar-refractivity contribution in [2.75, 3.05) is 6.79 Å². The molecule has 0 aliphatic carbocycles. The van der Waals surface area contributed by atoms with Crippen LogP contribution in [-0.2, 0) is 13.1 Å². The normalized spacial score (nSPS) is 12.2. The maximum atomic E-state index is 13.9. The van der Waals surface area contributed by atoms with E-state index in [1.165, 1.54) is 6.07 Å². The minimum absolute atomic E-state index is 0.101. The summed E-state index contributed by atoms with van der Waals surface area (Å²) in [6.07, 6.45) is -0.101. The molecule has 0 aromatic heterocycles. The molecular weight excluding hydrogens is 339 g/mol. The van der Waals surface area contributed by atoms with Gasteiger partial charge in [-0.15, -0.1) is 0 Å². The van der Waals surface area contributed by atoms with Gasteiger partial charge in [-0.1, -0.05) is 12.1 Å². The van der Waals surface area contributed by atoms with Gasteiger partial charge in [0.1, 0.15) is 0 Å². The van der Waals surface area contributed by atoms with Crippen LogP contribution in [0, 0.1) is 5.82 Å².